The summed E-state index contributed by atoms with van der Waals surface area (Å²) in [4.78, 5) is 32.3. The SMILES string of the molecule is COC(=O)c1c(C)[nH]c(C(=O)[C@H](C)Sc2nc3ccccc3s2)c1C. The number of carbonyl (C=O) groups excluding carboxylic acids is 2. The minimum atomic E-state index is -0.434. The largest absolute Gasteiger partial charge is 0.465 e. The van der Waals surface area contributed by atoms with Crippen molar-refractivity contribution in [3.63, 3.8) is 0 Å². The maximum absolute atomic E-state index is 12.8. The molecule has 3 rings (SSSR count). The van der Waals surface area contributed by atoms with Crippen LogP contribution in [0.15, 0.2) is 28.6 Å². The molecule has 1 aromatic carbocycles. The number of ketones is 1. The van der Waals surface area contributed by atoms with Crippen LogP contribution in [0.5, 0.6) is 0 Å². The maximum Gasteiger partial charge on any atom is 0.339 e. The number of aryl methyl sites for hydroxylation is 1. The van der Waals surface area contributed by atoms with E-state index < -0.39 is 5.97 Å². The Bertz CT molecular complexity index is 926. The molecule has 7 heteroatoms. The van der Waals surface area contributed by atoms with E-state index in [1.165, 1.54) is 18.9 Å². The summed E-state index contributed by atoms with van der Waals surface area (Å²) in [5.74, 6) is -0.489. The first-order valence-electron chi connectivity index (χ1n) is 7.76. The van der Waals surface area contributed by atoms with Gasteiger partial charge in [-0.15, -0.1) is 11.3 Å². The highest BCUT2D eigenvalue weighted by atomic mass is 32.2. The van der Waals surface area contributed by atoms with Crippen molar-refractivity contribution in [2.24, 2.45) is 0 Å². The van der Waals surface area contributed by atoms with Crippen LogP contribution in [-0.2, 0) is 4.74 Å². The Balaban J connectivity index is 1.84. The molecule has 130 valence electrons. The number of thiazole rings is 1. The quantitative estimate of drug-likeness (QED) is 0.407. The number of nitrogens with one attached hydrogen (secondary N) is 1. The number of methoxy groups -OCH3 is 1. The first-order chi connectivity index (χ1) is 11.9. The van der Waals surface area contributed by atoms with Gasteiger partial charge in [0.25, 0.3) is 0 Å². The lowest BCUT2D eigenvalue weighted by Gasteiger charge is -2.08. The van der Waals surface area contributed by atoms with E-state index in [1.807, 2.05) is 31.2 Å². The second-order valence-electron chi connectivity index (χ2n) is 5.69. The van der Waals surface area contributed by atoms with Gasteiger partial charge in [-0.25, -0.2) is 9.78 Å². The second kappa shape index (κ2) is 7.01. The van der Waals surface area contributed by atoms with E-state index in [0.717, 1.165) is 14.6 Å². The molecular weight excluding hydrogens is 356 g/mol. The first kappa shape index (κ1) is 17.7. The fourth-order valence-electron chi connectivity index (χ4n) is 2.71. The van der Waals surface area contributed by atoms with E-state index in [-0.39, 0.29) is 11.0 Å². The maximum atomic E-state index is 12.8. The smallest absolute Gasteiger partial charge is 0.339 e. The number of benzene rings is 1. The lowest BCUT2D eigenvalue weighted by molar-refractivity contribution is 0.0599. The number of H-pyrrole nitrogens is 1. The Morgan fingerprint density at radius 2 is 2.00 bits per heavy atom. The Morgan fingerprint density at radius 3 is 2.68 bits per heavy atom. The molecule has 2 aromatic heterocycles. The Hall–Kier alpha value is -2.12. The van der Waals surface area contributed by atoms with Gasteiger partial charge in [0.1, 0.15) is 0 Å². The fourth-order valence-corrected chi connectivity index (χ4v) is 4.98. The van der Waals surface area contributed by atoms with Crippen molar-refractivity contribution >= 4 is 45.1 Å². The van der Waals surface area contributed by atoms with Crippen LogP contribution in [0, 0.1) is 13.8 Å². The van der Waals surface area contributed by atoms with E-state index in [0.29, 0.717) is 22.5 Å². The van der Waals surface area contributed by atoms with Crippen LogP contribution in [-0.4, -0.2) is 34.1 Å². The van der Waals surface area contributed by atoms with Crippen LogP contribution in [0.2, 0.25) is 0 Å². The average Bonchev–Trinajstić information content (AvgIpc) is 3.13. The summed E-state index contributed by atoms with van der Waals surface area (Å²) in [6.07, 6.45) is 0. The average molecular weight is 374 g/mol. The molecule has 0 radical (unpaired) electrons. The molecule has 0 saturated carbocycles. The molecule has 1 N–H and O–H groups in total. The number of ether oxygens (including phenoxy) is 1. The zero-order valence-electron chi connectivity index (χ0n) is 14.4. The standard InChI is InChI=1S/C18H18N2O3S2/c1-9-14(17(22)23-4)10(2)19-15(9)16(21)11(3)24-18-20-12-7-5-6-8-13(12)25-18/h5-8,11,19H,1-4H3/t11-/m0/s1. The number of fused-ring (bicyclic) bond motifs is 1. The molecule has 0 bridgehead atoms. The minimum Gasteiger partial charge on any atom is -0.465 e. The molecule has 5 nitrogen and oxygen atoms in total. The summed E-state index contributed by atoms with van der Waals surface area (Å²) >= 11 is 3.01. The molecule has 0 saturated heterocycles. The van der Waals surface area contributed by atoms with E-state index >= 15 is 0 Å². The topological polar surface area (TPSA) is 72.1 Å². The number of thioether (sulfide) groups is 1. The lowest BCUT2D eigenvalue weighted by Crippen LogP contribution is -2.15. The van der Waals surface area contributed by atoms with Gasteiger partial charge in [0.15, 0.2) is 10.1 Å². The third-order valence-corrected chi connectivity index (χ3v) is 6.22. The van der Waals surface area contributed by atoms with Crippen molar-refractivity contribution in [2.45, 2.75) is 30.4 Å². The van der Waals surface area contributed by atoms with Gasteiger partial charge < -0.3 is 9.72 Å². The minimum absolute atomic E-state index is 0.0555. The van der Waals surface area contributed by atoms with Gasteiger partial charge in [0.2, 0.25) is 0 Å². The van der Waals surface area contributed by atoms with Crippen LogP contribution >= 0.6 is 23.1 Å². The van der Waals surface area contributed by atoms with Gasteiger partial charge >= 0.3 is 5.97 Å². The van der Waals surface area contributed by atoms with Gasteiger partial charge in [-0.1, -0.05) is 23.9 Å². The summed E-state index contributed by atoms with van der Waals surface area (Å²) in [5, 5.41) is -0.317. The van der Waals surface area contributed by atoms with Crippen molar-refractivity contribution in [1.29, 1.82) is 0 Å². The Labute approximate surface area is 153 Å². The van der Waals surface area contributed by atoms with Gasteiger partial charge in [-0.2, -0.15) is 0 Å². The van der Waals surface area contributed by atoms with E-state index in [2.05, 4.69) is 9.97 Å². The number of hydrogen-bond donors (Lipinski definition) is 1. The highest BCUT2D eigenvalue weighted by Crippen LogP contribution is 2.33. The molecule has 0 aliphatic heterocycles. The normalized spacial score (nSPS) is 12.3. The van der Waals surface area contributed by atoms with Gasteiger partial charge in [0.05, 0.1) is 33.8 Å². The summed E-state index contributed by atoms with van der Waals surface area (Å²) < 4.78 is 6.76. The van der Waals surface area contributed by atoms with Crippen LogP contribution in [0.1, 0.15) is 39.0 Å². The molecule has 0 amide bonds. The number of aromatic amines is 1. The predicted molar refractivity (Wildman–Crippen MR) is 101 cm³/mol. The predicted octanol–water partition coefficient (Wildman–Crippen LogP) is 4.39. The van der Waals surface area contributed by atoms with Crippen molar-refractivity contribution in [1.82, 2.24) is 9.97 Å². The number of rotatable bonds is 5. The highest BCUT2D eigenvalue weighted by molar-refractivity contribution is 8.02. The van der Waals surface area contributed by atoms with Crippen molar-refractivity contribution < 1.29 is 14.3 Å². The molecule has 3 aromatic rings. The number of aromatic nitrogens is 2. The summed E-state index contributed by atoms with van der Waals surface area (Å²) in [5.41, 5.74) is 3.10. The molecular formula is C18H18N2O3S2. The zero-order valence-corrected chi connectivity index (χ0v) is 16.0. The van der Waals surface area contributed by atoms with Crippen molar-refractivity contribution in [2.75, 3.05) is 7.11 Å². The molecule has 0 fully saturated rings. The number of hydrogen-bond acceptors (Lipinski definition) is 6. The number of esters is 1. The summed E-state index contributed by atoms with van der Waals surface area (Å²) in [6.45, 7) is 5.38. The molecule has 0 unspecified atom stereocenters. The monoisotopic (exact) mass is 374 g/mol. The van der Waals surface area contributed by atoms with Crippen molar-refractivity contribution in [3.8, 4) is 0 Å². The number of carbonyl (C=O) groups is 2. The van der Waals surface area contributed by atoms with Crippen molar-refractivity contribution in [3.05, 3.63) is 46.8 Å². The third kappa shape index (κ3) is 3.34. The fraction of sp³-hybridized carbons (Fsp3) is 0.278. The zero-order chi connectivity index (χ0) is 18.1. The van der Waals surface area contributed by atoms with Crippen LogP contribution < -0.4 is 0 Å². The number of Topliss-reactive ketones (excluding diaryl/α,β-unsaturated/α-hetero) is 1. The Morgan fingerprint density at radius 1 is 1.28 bits per heavy atom. The Kier molecular flexibility index (Phi) is 4.96. The molecule has 0 aliphatic rings. The second-order valence-corrected chi connectivity index (χ2v) is 8.31. The van der Waals surface area contributed by atoms with E-state index in [9.17, 15) is 9.59 Å². The number of nitrogens with zero attached hydrogens (tertiary/aromatic N) is 1. The van der Waals surface area contributed by atoms with Gasteiger partial charge in [-0.05, 0) is 38.5 Å². The summed E-state index contributed by atoms with van der Waals surface area (Å²) in [6, 6.07) is 7.90. The van der Waals surface area contributed by atoms with Crippen LogP contribution in [0.3, 0.4) is 0 Å². The first-order valence-corrected chi connectivity index (χ1v) is 9.46. The lowest BCUT2D eigenvalue weighted by atomic mass is 10.1. The molecule has 25 heavy (non-hydrogen) atoms. The third-order valence-electron chi connectivity index (χ3n) is 3.99. The van der Waals surface area contributed by atoms with E-state index in [1.54, 1.807) is 25.2 Å². The summed E-state index contributed by atoms with van der Waals surface area (Å²) in [7, 11) is 1.33. The molecule has 2 heterocycles. The molecule has 0 spiro atoms. The molecule has 1 atom stereocenters. The highest BCUT2D eigenvalue weighted by Gasteiger charge is 2.26. The van der Waals surface area contributed by atoms with Crippen LogP contribution in [0.4, 0.5) is 0 Å². The number of para-hydroxylation sites is 1. The van der Waals surface area contributed by atoms with E-state index in [4.69, 9.17) is 4.74 Å². The molecule has 0 aliphatic carbocycles. The van der Waals surface area contributed by atoms with Gasteiger partial charge in [-0.3, -0.25) is 4.79 Å². The van der Waals surface area contributed by atoms with Crippen LogP contribution in [0.25, 0.3) is 10.2 Å². The van der Waals surface area contributed by atoms with Gasteiger partial charge in [0, 0.05) is 5.69 Å².